The third-order valence-electron chi connectivity index (χ3n) is 2.44. The minimum Gasteiger partial charge on any atom is -0.267 e. The van der Waals surface area contributed by atoms with Crippen LogP contribution in [0.3, 0.4) is 0 Å². The number of amides is 2. The summed E-state index contributed by atoms with van der Waals surface area (Å²) < 4.78 is 0. The number of hydrogen-bond acceptors (Lipinski definition) is 2. The van der Waals surface area contributed by atoms with E-state index >= 15 is 0 Å². The first kappa shape index (κ1) is 11.7. The van der Waals surface area contributed by atoms with Gasteiger partial charge in [0.2, 0.25) is 0 Å². The zero-order valence-electron chi connectivity index (χ0n) is 9.45. The molecule has 1 aliphatic rings. The monoisotopic (exact) mass is 250 g/mol. The van der Waals surface area contributed by atoms with Crippen LogP contribution >= 0.6 is 11.6 Å². The van der Waals surface area contributed by atoms with Gasteiger partial charge in [0.15, 0.2) is 0 Å². The highest BCUT2D eigenvalue weighted by molar-refractivity contribution is 6.31. The Labute approximate surface area is 104 Å². The normalized spacial score (nSPS) is 15.2. The van der Waals surface area contributed by atoms with Gasteiger partial charge in [0.05, 0.1) is 5.69 Å². The van der Waals surface area contributed by atoms with Crippen molar-refractivity contribution in [2.24, 2.45) is 0 Å². The second kappa shape index (κ2) is 4.22. The van der Waals surface area contributed by atoms with Crippen LogP contribution in [0.5, 0.6) is 0 Å². The van der Waals surface area contributed by atoms with Crippen LogP contribution in [-0.4, -0.2) is 11.8 Å². The van der Waals surface area contributed by atoms with Gasteiger partial charge in [0, 0.05) is 5.02 Å². The van der Waals surface area contributed by atoms with Gasteiger partial charge in [-0.05, 0) is 38.1 Å². The maximum Gasteiger partial charge on any atom is 0.282 e. The Balaban J connectivity index is 2.38. The van der Waals surface area contributed by atoms with Gasteiger partial charge in [0.1, 0.15) is 5.57 Å². The summed E-state index contributed by atoms with van der Waals surface area (Å²) in [7, 11) is 0. The Kier molecular flexibility index (Phi) is 2.90. The summed E-state index contributed by atoms with van der Waals surface area (Å²) in [5, 5.41) is 1.80. The third kappa shape index (κ3) is 2.03. The smallest absolute Gasteiger partial charge is 0.267 e. The second-order valence-electron chi connectivity index (χ2n) is 3.93. The number of carbonyl (C=O) groups excluding carboxylic acids is 2. The van der Waals surface area contributed by atoms with E-state index in [9.17, 15) is 9.59 Å². The van der Waals surface area contributed by atoms with Crippen LogP contribution in [-0.2, 0) is 9.59 Å². The third-order valence-corrected chi connectivity index (χ3v) is 2.69. The number of benzene rings is 1. The van der Waals surface area contributed by atoms with E-state index in [2.05, 4.69) is 5.43 Å². The van der Waals surface area contributed by atoms with Gasteiger partial charge in [-0.1, -0.05) is 17.2 Å². The average molecular weight is 251 g/mol. The van der Waals surface area contributed by atoms with E-state index in [4.69, 9.17) is 11.6 Å². The van der Waals surface area contributed by atoms with Gasteiger partial charge < -0.3 is 0 Å². The zero-order chi connectivity index (χ0) is 12.6. The molecule has 5 heteroatoms. The number of hydrazine groups is 1. The predicted molar refractivity (Wildman–Crippen MR) is 65.5 cm³/mol. The number of nitrogens with one attached hydrogen (secondary N) is 1. The molecule has 2 amide bonds. The van der Waals surface area contributed by atoms with Crippen molar-refractivity contribution in [3.8, 4) is 0 Å². The fraction of sp³-hybridized carbons (Fsp3) is 0.167. The van der Waals surface area contributed by atoms with Crippen LogP contribution in [0.15, 0.2) is 35.4 Å². The highest BCUT2D eigenvalue weighted by Crippen LogP contribution is 2.22. The van der Waals surface area contributed by atoms with Crippen LogP contribution in [0.4, 0.5) is 5.69 Å². The van der Waals surface area contributed by atoms with E-state index in [0.29, 0.717) is 16.3 Å². The first-order valence-corrected chi connectivity index (χ1v) is 5.47. The first-order valence-electron chi connectivity index (χ1n) is 5.09. The molecule has 0 atom stereocenters. The minimum atomic E-state index is -0.370. The van der Waals surface area contributed by atoms with Gasteiger partial charge in [-0.15, -0.1) is 0 Å². The van der Waals surface area contributed by atoms with E-state index in [1.165, 1.54) is 5.01 Å². The lowest BCUT2D eigenvalue weighted by Crippen LogP contribution is -2.35. The SMILES string of the molecule is CC(C)=C1C(=O)NN(c2ccc(Cl)cc2)C1=O. The number of nitrogens with zero attached hydrogens (tertiary/aromatic N) is 1. The van der Waals surface area contributed by atoms with Gasteiger partial charge in [-0.2, -0.15) is 0 Å². The van der Waals surface area contributed by atoms with Crippen molar-refractivity contribution in [2.45, 2.75) is 13.8 Å². The van der Waals surface area contributed by atoms with Crippen molar-refractivity contribution in [1.82, 2.24) is 5.43 Å². The quantitative estimate of drug-likeness (QED) is 0.613. The van der Waals surface area contributed by atoms with Crippen molar-refractivity contribution >= 4 is 29.1 Å². The topological polar surface area (TPSA) is 49.4 Å². The lowest BCUT2D eigenvalue weighted by atomic mass is 10.1. The molecule has 1 N–H and O–H groups in total. The van der Waals surface area contributed by atoms with E-state index < -0.39 is 0 Å². The molecule has 1 aromatic carbocycles. The largest absolute Gasteiger partial charge is 0.282 e. The van der Waals surface area contributed by atoms with Gasteiger partial charge in [-0.25, -0.2) is 5.01 Å². The van der Waals surface area contributed by atoms with Gasteiger partial charge in [0.25, 0.3) is 11.8 Å². The molecule has 4 nitrogen and oxygen atoms in total. The van der Waals surface area contributed by atoms with Crippen LogP contribution < -0.4 is 10.4 Å². The predicted octanol–water partition coefficient (Wildman–Crippen LogP) is 2.05. The number of halogens is 1. The summed E-state index contributed by atoms with van der Waals surface area (Å²) in [6, 6.07) is 6.68. The van der Waals surface area contributed by atoms with Gasteiger partial charge in [-0.3, -0.25) is 15.0 Å². The number of rotatable bonds is 1. The Bertz CT molecular complexity index is 516. The highest BCUT2D eigenvalue weighted by atomic mass is 35.5. The fourth-order valence-electron chi connectivity index (χ4n) is 1.63. The molecule has 0 saturated carbocycles. The lowest BCUT2D eigenvalue weighted by molar-refractivity contribution is -0.117. The Hall–Kier alpha value is -1.81. The molecule has 0 aromatic heterocycles. The van der Waals surface area contributed by atoms with Gasteiger partial charge >= 0.3 is 0 Å². The van der Waals surface area contributed by atoms with E-state index in [0.717, 1.165) is 0 Å². The van der Waals surface area contributed by atoms with Crippen molar-refractivity contribution in [3.05, 3.63) is 40.4 Å². The highest BCUT2D eigenvalue weighted by Gasteiger charge is 2.35. The molecule has 2 rings (SSSR count). The van der Waals surface area contributed by atoms with Crippen molar-refractivity contribution in [1.29, 1.82) is 0 Å². The number of anilines is 1. The van der Waals surface area contributed by atoms with Crippen LogP contribution in [0.1, 0.15) is 13.8 Å². The Morgan fingerprint density at radius 2 is 1.76 bits per heavy atom. The number of hydrogen-bond donors (Lipinski definition) is 1. The summed E-state index contributed by atoms with van der Waals surface area (Å²) in [6.07, 6.45) is 0. The molecular weight excluding hydrogens is 240 g/mol. The number of carbonyl (C=O) groups is 2. The Morgan fingerprint density at radius 3 is 2.24 bits per heavy atom. The second-order valence-corrected chi connectivity index (χ2v) is 4.37. The standard InChI is InChI=1S/C12H11ClN2O2/c1-7(2)10-11(16)14-15(12(10)17)9-5-3-8(13)4-6-9/h3-6H,1-2H3,(H,14,16). The summed E-state index contributed by atoms with van der Waals surface area (Å²) >= 11 is 5.76. The molecule has 1 saturated heterocycles. The van der Waals surface area contributed by atoms with Crippen LogP contribution in [0.25, 0.3) is 0 Å². The van der Waals surface area contributed by atoms with Crippen LogP contribution in [0.2, 0.25) is 5.02 Å². The Morgan fingerprint density at radius 1 is 1.18 bits per heavy atom. The summed E-state index contributed by atoms with van der Waals surface area (Å²) in [6.45, 7) is 3.47. The maximum absolute atomic E-state index is 12.0. The van der Waals surface area contributed by atoms with Crippen LogP contribution in [0, 0.1) is 0 Å². The summed E-state index contributed by atoms with van der Waals surface area (Å²) in [5.74, 6) is -0.706. The molecule has 0 bridgehead atoms. The molecule has 0 spiro atoms. The average Bonchev–Trinajstić information content (AvgIpc) is 2.55. The lowest BCUT2D eigenvalue weighted by Gasteiger charge is -2.14. The molecular formula is C12H11ClN2O2. The van der Waals surface area contributed by atoms with Crippen molar-refractivity contribution in [3.63, 3.8) is 0 Å². The first-order chi connectivity index (χ1) is 8.00. The maximum atomic E-state index is 12.0. The summed E-state index contributed by atoms with van der Waals surface area (Å²) in [4.78, 5) is 23.6. The fourth-order valence-corrected chi connectivity index (χ4v) is 1.76. The molecule has 0 unspecified atom stereocenters. The van der Waals surface area contributed by atoms with E-state index in [1.807, 2.05) is 0 Å². The van der Waals surface area contributed by atoms with Crippen molar-refractivity contribution < 1.29 is 9.59 Å². The van der Waals surface area contributed by atoms with E-state index in [-0.39, 0.29) is 17.4 Å². The molecule has 1 heterocycles. The zero-order valence-corrected chi connectivity index (χ0v) is 10.2. The molecule has 1 aromatic rings. The molecule has 0 radical (unpaired) electrons. The molecule has 17 heavy (non-hydrogen) atoms. The van der Waals surface area contributed by atoms with E-state index in [1.54, 1.807) is 38.1 Å². The van der Waals surface area contributed by atoms with Crippen molar-refractivity contribution in [2.75, 3.05) is 5.01 Å². The molecule has 88 valence electrons. The molecule has 1 fully saturated rings. The number of allylic oxidation sites excluding steroid dienone is 1. The molecule has 1 aliphatic heterocycles. The molecule has 0 aliphatic carbocycles. The summed E-state index contributed by atoms with van der Waals surface area (Å²) in [5.41, 5.74) is 3.99. The minimum absolute atomic E-state index is 0.194.